The maximum Gasteiger partial charge on any atom is 0.255 e. The highest BCUT2D eigenvalue weighted by Gasteiger charge is 2.34. The lowest BCUT2D eigenvalue weighted by Crippen LogP contribution is -2.32. The summed E-state index contributed by atoms with van der Waals surface area (Å²) in [5.74, 6) is 0.248. The minimum atomic E-state index is -0.504. The Balaban J connectivity index is 1.77. The van der Waals surface area contributed by atoms with E-state index in [-0.39, 0.29) is 5.91 Å². The van der Waals surface area contributed by atoms with Crippen molar-refractivity contribution in [1.82, 2.24) is 25.2 Å². The highest BCUT2D eigenvalue weighted by Crippen LogP contribution is 2.33. The van der Waals surface area contributed by atoms with Gasteiger partial charge in [0.1, 0.15) is 6.04 Å². The van der Waals surface area contributed by atoms with E-state index in [0.29, 0.717) is 22.9 Å². The molecule has 8 nitrogen and oxygen atoms in total. The lowest BCUT2D eigenvalue weighted by molar-refractivity contribution is -0.113. The van der Waals surface area contributed by atoms with Crippen LogP contribution in [-0.4, -0.2) is 31.1 Å². The number of hydrogen-bond donors (Lipinski definition) is 2. The van der Waals surface area contributed by atoms with Gasteiger partial charge in [0.05, 0.1) is 11.3 Å². The molecule has 2 N–H and O–H groups in total. The molecule has 1 aromatic carbocycles. The van der Waals surface area contributed by atoms with Crippen LogP contribution in [0, 0.1) is 0 Å². The van der Waals surface area contributed by atoms with Gasteiger partial charge in [-0.2, -0.15) is 4.68 Å². The minimum Gasteiger partial charge on any atom is -0.326 e. The molecule has 124 valence electrons. The minimum absolute atomic E-state index is 0.229. The fourth-order valence-electron chi connectivity index (χ4n) is 2.84. The van der Waals surface area contributed by atoms with Gasteiger partial charge in [-0.15, -0.1) is 0 Å². The van der Waals surface area contributed by atoms with Crippen LogP contribution in [0.15, 0.2) is 66.0 Å². The number of para-hydroxylation sites is 1. The number of nitrogens with zero attached hydrogens (tertiary/aromatic N) is 5. The zero-order chi connectivity index (χ0) is 17.2. The Morgan fingerprint density at radius 3 is 2.72 bits per heavy atom. The zero-order valence-electron chi connectivity index (χ0n) is 13.4. The van der Waals surface area contributed by atoms with Crippen LogP contribution in [0.3, 0.4) is 0 Å². The molecule has 1 amide bonds. The number of anilines is 2. The highest BCUT2D eigenvalue weighted by molar-refractivity contribution is 6.05. The molecule has 1 unspecified atom stereocenters. The molecular weight excluding hydrogens is 318 g/mol. The van der Waals surface area contributed by atoms with Gasteiger partial charge < -0.3 is 10.6 Å². The second kappa shape index (κ2) is 6.16. The fraction of sp³-hybridized carbons (Fsp3) is 0.118. The van der Waals surface area contributed by atoms with Gasteiger partial charge in [-0.05, 0) is 41.6 Å². The Kier molecular flexibility index (Phi) is 3.70. The van der Waals surface area contributed by atoms with Crippen LogP contribution >= 0.6 is 0 Å². The third-order valence-electron chi connectivity index (χ3n) is 3.96. The number of aromatic nitrogens is 5. The van der Waals surface area contributed by atoms with E-state index >= 15 is 0 Å². The third kappa shape index (κ3) is 2.74. The normalized spacial score (nSPS) is 16.1. The van der Waals surface area contributed by atoms with Gasteiger partial charge in [-0.1, -0.05) is 29.4 Å². The monoisotopic (exact) mass is 333 g/mol. The van der Waals surface area contributed by atoms with E-state index in [4.69, 9.17) is 0 Å². The van der Waals surface area contributed by atoms with Gasteiger partial charge in [0, 0.05) is 17.6 Å². The molecule has 0 bridgehead atoms. The van der Waals surface area contributed by atoms with Crippen LogP contribution in [0.5, 0.6) is 0 Å². The second-order valence-corrected chi connectivity index (χ2v) is 5.59. The van der Waals surface area contributed by atoms with E-state index in [2.05, 4.69) is 31.1 Å². The van der Waals surface area contributed by atoms with Crippen molar-refractivity contribution in [2.45, 2.75) is 13.0 Å². The molecule has 2 aromatic heterocycles. The summed E-state index contributed by atoms with van der Waals surface area (Å²) in [4.78, 5) is 17.4. The average molecular weight is 333 g/mol. The number of nitrogens with one attached hydrogen (secondary N) is 2. The van der Waals surface area contributed by atoms with Crippen molar-refractivity contribution in [3.63, 3.8) is 0 Å². The first-order chi connectivity index (χ1) is 12.2. The van der Waals surface area contributed by atoms with Gasteiger partial charge in [-0.3, -0.25) is 9.78 Å². The van der Waals surface area contributed by atoms with E-state index in [1.165, 1.54) is 0 Å². The fourth-order valence-corrected chi connectivity index (χ4v) is 2.84. The summed E-state index contributed by atoms with van der Waals surface area (Å²) < 4.78 is 1.56. The molecule has 0 radical (unpaired) electrons. The SMILES string of the molecule is CC1=C(C(=O)Nc2ccccc2)C(c2ccccn2)n2nnnc2N1. The number of carbonyl (C=O) groups excluding carboxylic acids is 1. The summed E-state index contributed by atoms with van der Waals surface area (Å²) in [7, 11) is 0. The van der Waals surface area contributed by atoms with Crippen LogP contribution < -0.4 is 10.6 Å². The Morgan fingerprint density at radius 2 is 1.96 bits per heavy atom. The van der Waals surface area contributed by atoms with Crippen LogP contribution in [0.4, 0.5) is 11.6 Å². The first-order valence-corrected chi connectivity index (χ1v) is 7.77. The topological polar surface area (TPSA) is 97.6 Å². The summed E-state index contributed by atoms with van der Waals surface area (Å²) in [5.41, 5.74) is 2.61. The van der Waals surface area contributed by atoms with Gasteiger partial charge >= 0.3 is 0 Å². The molecule has 1 aliphatic heterocycles. The highest BCUT2D eigenvalue weighted by atomic mass is 16.1. The molecule has 0 aliphatic carbocycles. The molecule has 0 spiro atoms. The molecule has 4 rings (SSSR count). The van der Waals surface area contributed by atoms with Gasteiger partial charge in [0.2, 0.25) is 5.95 Å². The Hall–Kier alpha value is -3.55. The number of hydrogen-bond acceptors (Lipinski definition) is 6. The number of rotatable bonds is 3. The van der Waals surface area contributed by atoms with E-state index in [1.807, 2.05) is 55.5 Å². The lowest BCUT2D eigenvalue weighted by Gasteiger charge is -2.27. The van der Waals surface area contributed by atoms with E-state index in [0.717, 1.165) is 5.69 Å². The van der Waals surface area contributed by atoms with E-state index in [9.17, 15) is 4.79 Å². The number of tetrazole rings is 1. The van der Waals surface area contributed by atoms with Crippen molar-refractivity contribution < 1.29 is 4.79 Å². The van der Waals surface area contributed by atoms with Crippen LogP contribution in [-0.2, 0) is 4.79 Å². The average Bonchev–Trinajstić information content (AvgIpc) is 3.10. The maximum absolute atomic E-state index is 13.0. The molecule has 3 heterocycles. The number of carbonyl (C=O) groups is 1. The molecule has 0 saturated carbocycles. The summed E-state index contributed by atoms with van der Waals surface area (Å²) in [6, 6.07) is 14.3. The summed E-state index contributed by atoms with van der Waals surface area (Å²) in [5, 5.41) is 17.7. The molecule has 25 heavy (non-hydrogen) atoms. The molecular formula is C17H15N7O. The Morgan fingerprint density at radius 1 is 1.16 bits per heavy atom. The van der Waals surface area contributed by atoms with Crippen molar-refractivity contribution in [3.05, 3.63) is 71.7 Å². The van der Waals surface area contributed by atoms with E-state index < -0.39 is 6.04 Å². The first-order valence-electron chi connectivity index (χ1n) is 7.77. The Labute approximate surface area is 143 Å². The van der Waals surface area contributed by atoms with Gasteiger partial charge in [0.25, 0.3) is 5.91 Å². The van der Waals surface area contributed by atoms with E-state index in [1.54, 1.807) is 10.9 Å². The second-order valence-electron chi connectivity index (χ2n) is 5.59. The predicted octanol–water partition coefficient (Wildman–Crippen LogP) is 2.00. The van der Waals surface area contributed by atoms with Gasteiger partial charge in [-0.25, -0.2) is 0 Å². The molecule has 0 fully saturated rings. The standard InChI is InChI=1S/C17H15N7O/c1-11-14(16(25)20-12-7-3-2-4-8-12)15(13-9-5-6-10-18-13)24-17(19-11)21-22-23-24/h2-10,15H,1H3,(H,20,25)(H,19,21,23). The number of fused-ring (bicyclic) bond motifs is 1. The number of allylic oxidation sites excluding steroid dienone is 1. The summed E-state index contributed by atoms with van der Waals surface area (Å²) in [6.45, 7) is 1.83. The third-order valence-corrected chi connectivity index (χ3v) is 3.96. The molecule has 8 heteroatoms. The van der Waals surface area contributed by atoms with Crippen molar-refractivity contribution in [1.29, 1.82) is 0 Å². The van der Waals surface area contributed by atoms with Crippen molar-refractivity contribution in [2.24, 2.45) is 0 Å². The van der Waals surface area contributed by atoms with Crippen molar-refractivity contribution >= 4 is 17.5 Å². The van der Waals surface area contributed by atoms with Crippen molar-refractivity contribution in [3.8, 4) is 0 Å². The predicted molar refractivity (Wildman–Crippen MR) is 91.6 cm³/mol. The first kappa shape index (κ1) is 15.0. The van der Waals surface area contributed by atoms with Gasteiger partial charge in [0.15, 0.2) is 0 Å². The molecule has 1 aliphatic rings. The summed E-state index contributed by atoms with van der Waals surface area (Å²) >= 11 is 0. The molecule has 0 saturated heterocycles. The Bertz CT molecular complexity index is 934. The number of benzene rings is 1. The van der Waals surface area contributed by atoms with Crippen LogP contribution in [0.25, 0.3) is 0 Å². The molecule has 3 aromatic rings. The number of pyridine rings is 1. The lowest BCUT2D eigenvalue weighted by atomic mass is 9.98. The maximum atomic E-state index is 13.0. The largest absolute Gasteiger partial charge is 0.326 e. The quantitative estimate of drug-likeness (QED) is 0.761. The smallest absolute Gasteiger partial charge is 0.255 e. The summed E-state index contributed by atoms with van der Waals surface area (Å²) in [6.07, 6.45) is 1.68. The molecule has 1 atom stereocenters. The van der Waals surface area contributed by atoms with Crippen molar-refractivity contribution in [2.75, 3.05) is 10.6 Å². The van der Waals surface area contributed by atoms with Crippen LogP contribution in [0.1, 0.15) is 18.7 Å². The number of amides is 1. The zero-order valence-corrected chi connectivity index (χ0v) is 13.4. The van der Waals surface area contributed by atoms with Crippen LogP contribution in [0.2, 0.25) is 0 Å².